The Labute approximate surface area is 144 Å². The van der Waals surface area contributed by atoms with Crippen molar-refractivity contribution >= 4 is 5.95 Å². The summed E-state index contributed by atoms with van der Waals surface area (Å²) in [5.41, 5.74) is 2.13. The van der Waals surface area contributed by atoms with Crippen LogP contribution in [0.3, 0.4) is 0 Å². The predicted octanol–water partition coefficient (Wildman–Crippen LogP) is 2.63. The number of hydrogen-bond donors (Lipinski definition) is 1. The zero-order valence-corrected chi connectivity index (χ0v) is 14.5. The molecule has 3 rings (SSSR count). The van der Waals surface area contributed by atoms with Gasteiger partial charge in [-0.1, -0.05) is 30.3 Å². The number of anilines is 1. The van der Waals surface area contributed by atoms with Gasteiger partial charge in [0.05, 0.1) is 6.10 Å². The van der Waals surface area contributed by atoms with Crippen molar-refractivity contribution in [3.63, 3.8) is 0 Å². The minimum atomic E-state index is -0.399. The summed E-state index contributed by atoms with van der Waals surface area (Å²) in [6.45, 7) is 1.92. The van der Waals surface area contributed by atoms with Gasteiger partial charge in [0.15, 0.2) is 0 Å². The summed E-state index contributed by atoms with van der Waals surface area (Å²) in [5, 5.41) is 10.5. The summed E-state index contributed by atoms with van der Waals surface area (Å²) in [7, 11) is 3.88. The van der Waals surface area contributed by atoms with E-state index < -0.39 is 6.10 Å². The molecule has 1 aromatic carbocycles. The fraction of sp³-hybridized carbons (Fsp3) is 0.474. The van der Waals surface area contributed by atoms with Crippen molar-refractivity contribution in [2.45, 2.75) is 38.0 Å². The van der Waals surface area contributed by atoms with E-state index in [9.17, 15) is 5.11 Å². The van der Waals surface area contributed by atoms with Gasteiger partial charge in [-0.05, 0) is 31.4 Å². The molecule has 1 fully saturated rings. The van der Waals surface area contributed by atoms with E-state index in [1.807, 2.05) is 61.7 Å². The third-order valence-corrected chi connectivity index (χ3v) is 4.66. The monoisotopic (exact) mass is 326 g/mol. The quantitative estimate of drug-likeness (QED) is 0.884. The van der Waals surface area contributed by atoms with Crippen molar-refractivity contribution in [3.05, 3.63) is 53.9 Å². The van der Waals surface area contributed by atoms with E-state index in [1.54, 1.807) is 0 Å². The highest BCUT2D eigenvalue weighted by molar-refractivity contribution is 5.26. The molecule has 24 heavy (non-hydrogen) atoms. The summed E-state index contributed by atoms with van der Waals surface area (Å²) in [5.74, 6) is 0.733. The largest absolute Gasteiger partial charge is 0.388 e. The maximum Gasteiger partial charge on any atom is 0.224 e. The molecule has 0 aliphatic carbocycles. The number of aliphatic hydroxyl groups excluding tert-OH is 1. The molecule has 1 aromatic heterocycles. The van der Waals surface area contributed by atoms with Crippen LogP contribution in [0.15, 0.2) is 42.7 Å². The number of rotatable bonds is 6. The van der Waals surface area contributed by atoms with E-state index in [2.05, 4.69) is 14.9 Å². The Kier molecular flexibility index (Phi) is 5.43. The molecule has 2 aromatic rings. The second-order valence-corrected chi connectivity index (χ2v) is 6.71. The molecular formula is C19H26N4O. The van der Waals surface area contributed by atoms with Crippen LogP contribution in [0.4, 0.5) is 5.95 Å². The van der Waals surface area contributed by atoms with Crippen molar-refractivity contribution in [1.29, 1.82) is 0 Å². The fourth-order valence-corrected chi connectivity index (χ4v) is 3.33. The Balaban J connectivity index is 1.61. The van der Waals surface area contributed by atoms with Gasteiger partial charge in [-0.3, -0.25) is 4.90 Å². The van der Waals surface area contributed by atoms with Gasteiger partial charge in [0.25, 0.3) is 0 Å². The first-order valence-electron chi connectivity index (χ1n) is 8.59. The molecule has 2 heterocycles. The van der Waals surface area contributed by atoms with Gasteiger partial charge < -0.3 is 10.0 Å². The van der Waals surface area contributed by atoms with Gasteiger partial charge in [0, 0.05) is 44.6 Å². The first-order valence-corrected chi connectivity index (χ1v) is 8.59. The Morgan fingerprint density at radius 1 is 1.21 bits per heavy atom. The molecule has 5 nitrogen and oxygen atoms in total. The summed E-state index contributed by atoms with van der Waals surface area (Å²) >= 11 is 0. The molecule has 0 spiro atoms. The molecule has 0 unspecified atom stereocenters. The van der Waals surface area contributed by atoms with E-state index in [0.717, 1.165) is 43.0 Å². The predicted molar refractivity (Wildman–Crippen MR) is 95.8 cm³/mol. The van der Waals surface area contributed by atoms with Crippen LogP contribution < -0.4 is 4.90 Å². The van der Waals surface area contributed by atoms with Crippen molar-refractivity contribution in [2.24, 2.45) is 0 Å². The maximum atomic E-state index is 10.5. The highest BCUT2D eigenvalue weighted by atomic mass is 16.3. The molecule has 128 valence electrons. The number of likely N-dealkylation sites (tertiary alicyclic amines) is 1. The molecule has 2 atom stereocenters. The van der Waals surface area contributed by atoms with E-state index in [4.69, 9.17) is 0 Å². The molecule has 0 amide bonds. The number of nitrogens with zero attached hydrogens (tertiary/aromatic N) is 4. The van der Waals surface area contributed by atoms with Crippen molar-refractivity contribution < 1.29 is 5.11 Å². The van der Waals surface area contributed by atoms with Crippen LogP contribution in [-0.4, -0.2) is 46.7 Å². The van der Waals surface area contributed by atoms with Crippen LogP contribution in [0.25, 0.3) is 0 Å². The highest BCUT2D eigenvalue weighted by Crippen LogP contribution is 2.28. The van der Waals surface area contributed by atoms with Crippen LogP contribution in [0.2, 0.25) is 0 Å². The average molecular weight is 326 g/mol. The smallest absolute Gasteiger partial charge is 0.224 e. The average Bonchev–Trinajstić information content (AvgIpc) is 3.03. The summed E-state index contributed by atoms with van der Waals surface area (Å²) in [4.78, 5) is 13.1. The van der Waals surface area contributed by atoms with Crippen molar-refractivity contribution in [3.8, 4) is 0 Å². The first kappa shape index (κ1) is 16.9. The van der Waals surface area contributed by atoms with Crippen molar-refractivity contribution in [2.75, 3.05) is 25.5 Å². The molecule has 0 bridgehead atoms. The number of aromatic nitrogens is 2. The second-order valence-electron chi connectivity index (χ2n) is 6.71. The van der Waals surface area contributed by atoms with Crippen LogP contribution in [0.1, 0.15) is 36.5 Å². The zero-order valence-electron chi connectivity index (χ0n) is 14.5. The summed E-state index contributed by atoms with van der Waals surface area (Å²) < 4.78 is 0. The minimum absolute atomic E-state index is 0.399. The number of aliphatic hydroxyl groups is 1. The van der Waals surface area contributed by atoms with Crippen LogP contribution in [0, 0.1) is 0 Å². The standard InChI is InChI=1S/C19H26N4O/c1-22(2)19-20-12-15(13-21-19)14-23-10-6-9-17(23)11-18(24)16-7-4-3-5-8-16/h3-5,7-8,12-13,17-18,24H,6,9-11,14H2,1-2H3/t17-,18+/m0/s1. The van der Waals surface area contributed by atoms with E-state index in [0.29, 0.717) is 6.04 Å². The number of benzene rings is 1. The molecule has 1 aliphatic rings. The Morgan fingerprint density at radius 3 is 2.58 bits per heavy atom. The van der Waals surface area contributed by atoms with Crippen LogP contribution >= 0.6 is 0 Å². The van der Waals surface area contributed by atoms with Crippen molar-refractivity contribution in [1.82, 2.24) is 14.9 Å². The lowest BCUT2D eigenvalue weighted by atomic mass is 10.0. The van der Waals surface area contributed by atoms with Gasteiger partial charge in [-0.25, -0.2) is 9.97 Å². The molecule has 0 radical (unpaired) electrons. The zero-order chi connectivity index (χ0) is 16.9. The molecule has 1 saturated heterocycles. The van der Waals surface area contributed by atoms with Gasteiger partial charge in [-0.2, -0.15) is 0 Å². The van der Waals surface area contributed by atoms with Crippen LogP contribution in [0.5, 0.6) is 0 Å². The molecule has 1 N–H and O–H groups in total. The lowest BCUT2D eigenvalue weighted by molar-refractivity contribution is 0.118. The Morgan fingerprint density at radius 2 is 1.92 bits per heavy atom. The van der Waals surface area contributed by atoms with Gasteiger partial charge >= 0.3 is 0 Å². The SMILES string of the molecule is CN(C)c1ncc(CN2CCC[C@H]2C[C@@H](O)c2ccccc2)cn1. The van der Waals surface area contributed by atoms with Gasteiger partial charge in [0.2, 0.25) is 5.95 Å². The lowest BCUT2D eigenvalue weighted by Crippen LogP contribution is -2.30. The molecule has 0 saturated carbocycles. The third-order valence-electron chi connectivity index (χ3n) is 4.66. The maximum absolute atomic E-state index is 10.5. The third kappa shape index (κ3) is 4.10. The lowest BCUT2D eigenvalue weighted by Gasteiger charge is -2.26. The summed E-state index contributed by atoms with van der Waals surface area (Å²) in [6, 6.07) is 10.3. The van der Waals surface area contributed by atoms with E-state index in [1.165, 1.54) is 6.42 Å². The van der Waals surface area contributed by atoms with Crippen LogP contribution in [-0.2, 0) is 6.54 Å². The fourth-order valence-electron chi connectivity index (χ4n) is 3.33. The van der Waals surface area contributed by atoms with Gasteiger partial charge in [0.1, 0.15) is 0 Å². The van der Waals surface area contributed by atoms with Gasteiger partial charge in [-0.15, -0.1) is 0 Å². The Bertz CT molecular complexity index is 630. The first-order chi connectivity index (χ1) is 11.6. The second kappa shape index (κ2) is 7.73. The Hall–Kier alpha value is -1.98. The summed E-state index contributed by atoms with van der Waals surface area (Å²) in [6.07, 6.45) is 6.52. The van der Waals surface area contributed by atoms with E-state index in [-0.39, 0.29) is 0 Å². The normalized spacial score (nSPS) is 19.4. The topological polar surface area (TPSA) is 52.5 Å². The molecule has 5 heteroatoms. The molecule has 1 aliphatic heterocycles. The number of hydrogen-bond acceptors (Lipinski definition) is 5. The minimum Gasteiger partial charge on any atom is -0.388 e. The van der Waals surface area contributed by atoms with E-state index >= 15 is 0 Å². The molecular weight excluding hydrogens is 300 g/mol. The highest BCUT2D eigenvalue weighted by Gasteiger charge is 2.27.